The minimum Gasteiger partial charge on any atom is -0.497 e. The smallest absolute Gasteiger partial charge is 0.276 e. The number of amides is 1. The summed E-state index contributed by atoms with van der Waals surface area (Å²) < 4.78 is 10.4. The predicted molar refractivity (Wildman–Crippen MR) is 76.0 cm³/mol. The molecular weight excluding hydrogens is 264 g/mol. The highest BCUT2D eigenvalue weighted by Gasteiger charge is 2.26. The van der Waals surface area contributed by atoms with Crippen LogP contribution in [0.25, 0.3) is 6.08 Å². The molecule has 5 nitrogen and oxygen atoms in total. The largest absolute Gasteiger partial charge is 0.497 e. The number of carbonyl (C=O) groups excluding carboxylic acids is 1. The predicted octanol–water partition coefficient (Wildman–Crippen LogP) is 1.39. The van der Waals surface area contributed by atoms with Crippen LogP contribution in [-0.4, -0.2) is 37.2 Å². The molecule has 0 bridgehead atoms. The van der Waals surface area contributed by atoms with E-state index >= 15 is 0 Å². The third kappa shape index (κ3) is 2.68. The zero-order valence-corrected chi connectivity index (χ0v) is 11.7. The Morgan fingerprint density at radius 1 is 1.21 bits per heavy atom. The van der Waals surface area contributed by atoms with E-state index in [1.807, 2.05) is 12.1 Å². The van der Waals surface area contributed by atoms with Gasteiger partial charge in [-0.05, 0) is 36.0 Å². The fraction of sp³-hybridized carbons (Fsp3) is 0.231. The summed E-state index contributed by atoms with van der Waals surface area (Å²) in [5.74, 6) is 1.16. The fourth-order valence-corrected chi connectivity index (χ4v) is 1.90. The summed E-state index contributed by atoms with van der Waals surface area (Å²) in [7, 11) is 4.78. The van der Waals surface area contributed by atoms with Gasteiger partial charge in [0.25, 0.3) is 5.91 Å². The summed E-state index contributed by atoms with van der Waals surface area (Å²) in [6.45, 7) is 0. The molecule has 0 unspecified atom stereocenters. The summed E-state index contributed by atoms with van der Waals surface area (Å²) in [5.41, 5.74) is 1.23. The topological polar surface area (TPSA) is 50.8 Å². The second-order valence-corrected chi connectivity index (χ2v) is 4.39. The Morgan fingerprint density at radius 3 is 2.21 bits per heavy atom. The molecule has 1 aliphatic heterocycles. The van der Waals surface area contributed by atoms with Gasteiger partial charge in [-0.2, -0.15) is 0 Å². The van der Waals surface area contributed by atoms with E-state index < -0.39 is 0 Å². The molecule has 1 aromatic rings. The Kier molecular flexibility index (Phi) is 3.71. The van der Waals surface area contributed by atoms with Crippen LogP contribution in [0, 0.1) is 0 Å². The molecule has 1 aromatic carbocycles. The van der Waals surface area contributed by atoms with E-state index in [0.29, 0.717) is 22.3 Å². The maximum Gasteiger partial charge on any atom is 0.276 e. The number of rotatable bonds is 3. The lowest BCUT2D eigenvalue weighted by Gasteiger charge is -2.06. The van der Waals surface area contributed by atoms with Gasteiger partial charge in [0.15, 0.2) is 5.11 Å². The Bertz CT molecular complexity index is 547. The van der Waals surface area contributed by atoms with Crippen molar-refractivity contribution in [2.75, 3.05) is 21.3 Å². The van der Waals surface area contributed by atoms with Crippen LogP contribution in [0.3, 0.4) is 0 Å². The van der Waals surface area contributed by atoms with Crippen molar-refractivity contribution in [3.05, 3.63) is 29.5 Å². The normalized spacial score (nSPS) is 16.8. The van der Waals surface area contributed by atoms with Crippen LogP contribution < -0.4 is 14.8 Å². The summed E-state index contributed by atoms with van der Waals surface area (Å²) >= 11 is 5.01. The van der Waals surface area contributed by atoms with Crippen LogP contribution >= 0.6 is 12.2 Å². The first-order chi connectivity index (χ1) is 9.05. The van der Waals surface area contributed by atoms with Crippen molar-refractivity contribution in [2.45, 2.75) is 0 Å². The average Bonchev–Trinajstić information content (AvgIpc) is 2.65. The molecular formula is C13H14N2O3S. The van der Waals surface area contributed by atoms with Gasteiger partial charge < -0.3 is 14.8 Å². The number of nitrogens with one attached hydrogen (secondary N) is 1. The number of nitrogens with zero attached hydrogens (tertiary/aromatic N) is 1. The Balaban J connectivity index is 2.38. The quantitative estimate of drug-likeness (QED) is 0.669. The second-order valence-electron chi connectivity index (χ2n) is 4.00. The van der Waals surface area contributed by atoms with Gasteiger partial charge in [0.2, 0.25) is 0 Å². The number of likely N-dealkylation sites (N-methyl/N-ethyl adjacent to an activating group) is 1. The van der Waals surface area contributed by atoms with Crippen molar-refractivity contribution < 1.29 is 14.3 Å². The molecule has 0 atom stereocenters. The van der Waals surface area contributed by atoms with Crippen molar-refractivity contribution in [1.82, 2.24) is 10.2 Å². The molecule has 1 amide bonds. The number of benzene rings is 1. The summed E-state index contributed by atoms with van der Waals surface area (Å²) in [6, 6.07) is 5.39. The van der Waals surface area contributed by atoms with Gasteiger partial charge in [0.05, 0.1) is 14.2 Å². The van der Waals surface area contributed by atoms with Crippen LogP contribution in [0.2, 0.25) is 0 Å². The molecule has 0 radical (unpaired) electrons. The van der Waals surface area contributed by atoms with Crippen LogP contribution in [0.1, 0.15) is 5.56 Å². The van der Waals surface area contributed by atoms with Crippen LogP contribution in [0.5, 0.6) is 11.5 Å². The third-order valence-corrected chi connectivity index (χ3v) is 3.14. The number of hydrogen-bond acceptors (Lipinski definition) is 4. The molecule has 0 spiro atoms. The van der Waals surface area contributed by atoms with E-state index in [-0.39, 0.29) is 5.91 Å². The lowest BCUT2D eigenvalue weighted by atomic mass is 10.1. The Labute approximate surface area is 116 Å². The number of thiocarbonyl (C=S) groups is 1. The van der Waals surface area contributed by atoms with Crippen LogP contribution in [0.15, 0.2) is 23.9 Å². The molecule has 1 heterocycles. The van der Waals surface area contributed by atoms with Crippen molar-refractivity contribution in [2.24, 2.45) is 0 Å². The van der Waals surface area contributed by atoms with E-state index in [1.54, 1.807) is 33.4 Å². The maximum absolute atomic E-state index is 11.9. The van der Waals surface area contributed by atoms with Gasteiger partial charge in [0.1, 0.15) is 17.2 Å². The third-order valence-electron chi connectivity index (χ3n) is 2.77. The van der Waals surface area contributed by atoms with E-state index in [4.69, 9.17) is 21.7 Å². The summed E-state index contributed by atoms with van der Waals surface area (Å²) in [4.78, 5) is 13.3. The lowest BCUT2D eigenvalue weighted by molar-refractivity contribution is -0.121. The number of hydrogen-bond donors (Lipinski definition) is 1. The Morgan fingerprint density at radius 2 is 1.79 bits per heavy atom. The number of methoxy groups -OCH3 is 2. The van der Waals surface area contributed by atoms with Crippen molar-refractivity contribution in [3.8, 4) is 11.5 Å². The first kappa shape index (κ1) is 13.4. The number of carbonyl (C=O) groups is 1. The van der Waals surface area contributed by atoms with E-state index in [2.05, 4.69) is 5.32 Å². The summed E-state index contributed by atoms with van der Waals surface area (Å²) in [6.07, 6.45) is 1.71. The first-order valence-electron chi connectivity index (χ1n) is 5.59. The molecule has 1 N–H and O–H groups in total. The van der Waals surface area contributed by atoms with Gasteiger partial charge in [-0.25, -0.2) is 0 Å². The molecule has 2 rings (SSSR count). The van der Waals surface area contributed by atoms with Crippen molar-refractivity contribution >= 4 is 29.3 Å². The lowest BCUT2D eigenvalue weighted by Crippen LogP contribution is -2.25. The SMILES string of the molecule is COc1cc(/C=C2\NC(=S)N(C)C2=O)cc(OC)c1. The molecule has 100 valence electrons. The monoisotopic (exact) mass is 278 g/mol. The summed E-state index contributed by atoms with van der Waals surface area (Å²) in [5, 5.41) is 3.26. The molecule has 6 heteroatoms. The van der Waals surface area contributed by atoms with Crippen LogP contribution in [-0.2, 0) is 4.79 Å². The van der Waals surface area contributed by atoms with Crippen molar-refractivity contribution in [1.29, 1.82) is 0 Å². The molecule has 0 saturated carbocycles. The van der Waals surface area contributed by atoms with E-state index in [9.17, 15) is 4.79 Å². The minimum atomic E-state index is -0.160. The number of ether oxygens (including phenoxy) is 2. The highest BCUT2D eigenvalue weighted by Crippen LogP contribution is 2.24. The highest BCUT2D eigenvalue weighted by atomic mass is 32.1. The average molecular weight is 278 g/mol. The molecule has 0 aromatic heterocycles. The minimum absolute atomic E-state index is 0.160. The first-order valence-corrected chi connectivity index (χ1v) is 6.00. The van der Waals surface area contributed by atoms with Gasteiger partial charge in [-0.1, -0.05) is 0 Å². The molecule has 19 heavy (non-hydrogen) atoms. The fourth-order valence-electron chi connectivity index (χ4n) is 1.70. The van der Waals surface area contributed by atoms with Gasteiger partial charge in [-0.3, -0.25) is 9.69 Å². The zero-order valence-electron chi connectivity index (χ0n) is 10.9. The Hall–Kier alpha value is -2.08. The van der Waals surface area contributed by atoms with Gasteiger partial charge in [-0.15, -0.1) is 0 Å². The van der Waals surface area contributed by atoms with E-state index in [1.165, 1.54) is 4.90 Å². The highest BCUT2D eigenvalue weighted by molar-refractivity contribution is 7.80. The standard InChI is InChI=1S/C13H14N2O3S/c1-15-12(16)11(14-13(15)19)6-8-4-9(17-2)7-10(5-8)18-3/h4-7H,1-3H3,(H,14,19)/b11-6-. The van der Waals surface area contributed by atoms with E-state index in [0.717, 1.165) is 5.56 Å². The second kappa shape index (κ2) is 5.27. The van der Waals surface area contributed by atoms with Crippen molar-refractivity contribution in [3.63, 3.8) is 0 Å². The van der Waals surface area contributed by atoms with Gasteiger partial charge >= 0.3 is 0 Å². The molecule has 1 fully saturated rings. The molecule has 0 aliphatic carbocycles. The zero-order chi connectivity index (χ0) is 14.0. The maximum atomic E-state index is 11.9. The molecule has 1 aliphatic rings. The molecule has 1 saturated heterocycles. The van der Waals surface area contributed by atoms with Gasteiger partial charge in [0, 0.05) is 13.1 Å². The van der Waals surface area contributed by atoms with Crippen LogP contribution in [0.4, 0.5) is 0 Å².